The third-order valence-corrected chi connectivity index (χ3v) is 9.80. The van der Waals surface area contributed by atoms with Crippen LogP contribution >= 0.6 is 23.2 Å². The van der Waals surface area contributed by atoms with Crippen LogP contribution in [0.5, 0.6) is 17.2 Å². The number of nitrogens with zero attached hydrogens (tertiary/aromatic N) is 3. The average molecular weight is 735 g/mol. The molecule has 5 aromatic carbocycles. The van der Waals surface area contributed by atoms with E-state index in [9.17, 15) is 0 Å². The molecular formula is C42H41Cl2N5O3. The standard InChI is InChI=1S/C42H41Cl2N5O3/c1-50-30-8-4-7-27(21-30)26-49(19-5-17-45-41-33-13-9-28(43)22-39(33)47-37-15-11-31(51-2)24-35(37)41)20-6-18-46-42-34-14-10-29(44)23-40(34)48-38-16-12-32(52-3)25-36(38)42/h4,7-16,21-25H,5-6,17-20,26H2,1-3H3,(H,45,47)(H,46,48). The van der Waals surface area contributed by atoms with Crippen LogP contribution in [-0.4, -0.2) is 62.4 Å². The van der Waals surface area contributed by atoms with E-state index in [4.69, 9.17) is 47.4 Å². The van der Waals surface area contributed by atoms with E-state index in [2.05, 4.69) is 33.7 Å². The summed E-state index contributed by atoms with van der Waals surface area (Å²) in [7, 11) is 5.08. The van der Waals surface area contributed by atoms with Crippen LogP contribution in [0.3, 0.4) is 0 Å². The Bertz CT molecular complexity index is 2230. The number of hydrogen-bond acceptors (Lipinski definition) is 8. The van der Waals surface area contributed by atoms with Crippen molar-refractivity contribution in [3.63, 3.8) is 0 Å². The Balaban J connectivity index is 1.08. The Labute approximate surface area is 313 Å². The Morgan fingerprint density at radius 3 is 1.54 bits per heavy atom. The summed E-state index contributed by atoms with van der Waals surface area (Å²) in [4.78, 5) is 12.3. The number of fused-ring (bicyclic) bond motifs is 4. The van der Waals surface area contributed by atoms with Crippen molar-refractivity contribution in [1.82, 2.24) is 14.9 Å². The molecule has 0 atom stereocenters. The molecule has 7 rings (SSSR count). The molecular weight excluding hydrogens is 693 g/mol. The van der Waals surface area contributed by atoms with Gasteiger partial charge in [0.1, 0.15) is 17.2 Å². The highest BCUT2D eigenvalue weighted by Gasteiger charge is 2.14. The number of halogens is 2. The topological polar surface area (TPSA) is 80.8 Å². The van der Waals surface area contributed by atoms with Crippen LogP contribution in [0.4, 0.5) is 11.4 Å². The molecule has 0 saturated heterocycles. The van der Waals surface area contributed by atoms with Crippen LogP contribution in [-0.2, 0) is 6.54 Å². The van der Waals surface area contributed by atoms with Crippen LogP contribution < -0.4 is 24.8 Å². The molecule has 2 heterocycles. The van der Waals surface area contributed by atoms with Gasteiger partial charge >= 0.3 is 0 Å². The number of rotatable bonds is 15. The van der Waals surface area contributed by atoms with Crippen LogP contribution in [0, 0.1) is 0 Å². The van der Waals surface area contributed by atoms with Crippen molar-refractivity contribution in [3.8, 4) is 17.2 Å². The fourth-order valence-electron chi connectivity index (χ4n) is 6.76. The molecule has 0 fully saturated rings. The zero-order valence-electron chi connectivity index (χ0n) is 29.5. The molecule has 0 unspecified atom stereocenters. The van der Waals surface area contributed by atoms with Crippen LogP contribution in [0.25, 0.3) is 43.6 Å². The smallest absolute Gasteiger partial charge is 0.119 e. The summed E-state index contributed by atoms with van der Waals surface area (Å²) in [6.45, 7) is 4.17. The molecule has 0 bridgehead atoms. The van der Waals surface area contributed by atoms with E-state index in [1.807, 2.05) is 78.9 Å². The lowest BCUT2D eigenvalue weighted by molar-refractivity contribution is 0.263. The van der Waals surface area contributed by atoms with Crippen molar-refractivity contribution in [1.29, 1.82) is 0 Å². The summed E-state index contributed by atoms with van der Waals surface area (Å²) in [5.74, 6) is 2.44. The number of anilines is 2. The molecule has 10 heteroatoms. The average Bonchev–Trinajstić information content (AvgIpc) is 3.16. The minimum absolute atomic E-state index is 0.663. The second-order valence-corrected chi connectivity index (χ2v) is 13.6. The molecule has 266 valence electrons. The first-order chi connectivity index (χ1) is 25.4. The van der Waals surface area contributed by atoms with Crippen molar-refractivity contribution in [2.45, 2.75) is 19.4 Å². The summed E-state index contributed by atoms with van der Waals surface area (Å²) in [5, 5.41) is 12.9. The molecule has 0 aliphatic heterocycles. The van der Waals surface area contributed by atoms with Gasteiger partial charge in [0.2, 0.25) is 0 Å². The van der Waals surface area contributed by atoms with Gasteiger partial charge in [0, 0.05) is 64.3 Å². The first-order valence-corrected chi connectivity index (χ1v) is 18.1. The van der Waals surface area contributed by atoms with E-state index in [-0.39, 0.29) is 0 Å². The first kappa shape index (κ1) is 35.4. The van der Waals surface area contributed by atoms with Gasteiger partial charge in [0.25, 0.3) is 0 Å². The van der Waals surface area contributed by atoms with Gasteiger partial charge in [0.15, 0.2) is 0 Å². The third kappa shape index (κ3) is 7.89. The molecule has 52 heavy (non-hydrogen) atoms. The predicted molar refractivity (Wildman–Crippen MR) is 216 cm³/mol. The van der Waals surface area contributed by atoms with Crippen LogP contribution in [0.1, 0.15) is 18.4 Å². The van der Waals surface area contributed by atoms with E-state index < -0.39 is 0 Å². The third-order valence-electron chi connectivity index (χ3n) is 9.33. The van der Waals surface area contributed by atoms with Crippen LogP contribution in [0.15, 0.2) is 97.1 Å². The van der Waals surface area contributed by atoms with Gasteiger partial charge in [-0.2, -0.15) is 0 Å². The number of benzene rings is 5. The van der Waals surface area contributed by atoms with Crippen molar-refractivity contribution in [2.75, 3.05) is 58.1 Å². The van der Waals surface area contributed by atoms with Crippen molar-refractivity contribution < 1.29 is 14.2 Å². The number of hydrogen-bond donors (Lipinski definition) is 2. The number of pyridine rings is 2. The fraction of sp³-hybridized carbons (Fsp3) is 0.238. The summed E-state index contributed by atoms with van der Waals surface area (Å²) in [5.41, 5.74) is 6.78. The molecule has 2 N–H and O–H groups in total. The maximum absolute atomic E-state index is 6.36. The zero-order valence-corrected chi connectivity index (χ0v) is 31.0. The number of methoxy groups -OCH3 is 3. The zero-order chi connectivity index (χ0) is 36.0. The van der Waals surface area contributed by atoms with Crippen molar-refractivity contribution in [2.24, 2.45) is 0 Å². The summed E-state index contributed by atoms with van der Waals surface area (Å²) >= 11 is 12.7. The highest BCUT2D eigenvalue weighted by Crippen LogP contribution is 2.36. The molecule has 7 aromatic rings. The van der Waals surface area contributed by atoms with Gasteiger partial charge in [-0.05, 0) is 103 Å². The normalized spacial score (nSPS) is 11.5. The van der Waals surface area contributed by atoms with Gasteiger partial charge in [0.05, 0.1) is 54.8 Å². The molecule has 0 aliphatic carbocycles. The first-order valence-electron chi connectivity index (χ1n) is 17.4. The molecule has 8 nitrogen and oxygen atoms in total. The van der Waals surface area contributed by atoms with Gasteiger partial charge in [-0.1, -0.05) is 35.3 Å². The largest absolute Gasteiger partial charge is 0.497 e. The second kappa shape index (κ2) is 16.1. The number of ether oxygens (including phenoxy) is 3. The van der Waals surface area contributed by atoms with Gasteiger partial charge in [-0.25, -0.2) is 9.97 Å². The Morgan fingerprint density at radius 2 is 1.04 bits per heavy atom. The Kier molecular flexibility index (Phi) is 11.0. The lowest BCUT2D eigenvalue weighted by Crippen LogP contribution is -2.28. The van der Waals surface area contributed by atoms with E-state index in [0.717, 1.165) is 118 Å². The minimum atomic E-state index is 0.663. The predicted octanol–water partition coefficient (Wildman–Crippen LogP) is 10.2. The lowest BCUT2D eigenvalue weighted by atomic mass is 10.1. The fourth-order valence-corrected chi connectivity index (χ4v) is 7.09. The summed E-state index contributed by atoms with van der Waals surface area (Å²) in [6, 6.07) is 32.0. The van der Waals surface area contributed by atoms with Gasteiger partial charge in [-0.3, -0.25) is 4.90 Å². The summed E-state index contributed by atoms with van der Waals surface area (Å²) in [6.07, 6.45) is 1.86. The SMILES string of the molecule is COc1cccc(CN(CCCNc2c3ccc(Cl)cc3nc3ccc(OC)cc23)CCCNc2c3ccc(Cl)cc3nc3ccc(OC)cc23)c1. The molecule has 0 aliphatic rings. The number of nitrogens with one attached hydrogen (secondary N) is 2. The quantitative estimate of drug-likeness (QED) is 0.0796. The van der Waals surface area contributed by atoms with Gasteiger partial charge in [-0.15, -0.1) is 0 Å². The molecule has 0 radical (unpaired) electrons. The maximum atomic E-state index is 6.36. The van der Waals surface area contributed by atoms with Crippen molar-refractivity contribution in [3.05, 3.63) is 113 Å². The van der Waals surface area contributed by atoms with E-state index in [0.29, 0.717) is 10.0 Å². The Hall–Kier alpha value is -5.02. The lowest BCUT2D eigenvalue weighted by Gasteiger charge is -2.24. The van der Waals surface area contributed by atoms with Crippen LogP contribution in [0.2, 0.25) is 10.0 Å². The summed E-state index contributed by atoms with van der Waals surface area (Å²) < 4.78 is 16.7. The van der Waals surface area contributed by atoms with Crippen molar-refractivity contribution >= 4 is 78.2 Å². The van der Waals surface area contributed by atoms with E-state index >= 15 is 0 Å². The highest BCUT2D eigenvalue weighted by molar-refractivity contribution is 6.32. The second-order valence-electron chi connectivity index (χ2n) is 12.8. The Morgan fingerprint density at radius 1 is 0.538 bits per heavy atom. The molecule has 2 aromatic heterocycles. The van der Waals surface area contributed by atoms with Gasteiger partial charge < -0.3 is 24.8 Å². The molecule has 0 saturated carbocycles. The highest BCUT2D eigenvalue weighted by atomic mass is 35.5. The maximum Gasteiger partial charge on any atom is 0.119 e. The van der Waals surface area contributed by atoms with E-state index in [1.165, 1.54) is 5.56 Å². The molecule has 0 amide bonds. The molecule has 0 spiro atoms. The monoisotopic (exact) mass is 733 g/mol. The van der Waals surface area contributed by atoms with E-state index in [1.54, 1.807) is 21.3 Å². The minimum Gasteiger partial charge on any atom is -0.497 e. The number of aromatic nitrogens is 2.